The van der Waals surface area contributed by atoms with Crippen LogP contribution in [0.3, 0.4) is 0 Å². The van der Waals surface area contributed by atoms with Gasteiger partial charge >= 0.3 is 0 Å². The fourth-order valence-electron chi connectivity index (χ4n) is 2.08. The first-order chi connectivity index (χ1) is 9.61. The van der Waals surface area contributed by atoms with Crippen LogP contribution in [0.2, 0.25) is 5.28 Å². The van der Waals surface area contributed by atoms with Crippen molar-refractivity contribution in [2.24, 2.45) is 0 Å². The van der Waals surface area contributed by atoms with Crippen LogP contribution in [-0.2, 0) is 6.42 Å². The molecule has 0 aliphatic heterocycles. The van der Waals surface area contributed by atoms with E-state index in [4.69, 9.17) is 16.3 Å². The van der Waals surface area contributed by atoms with Crippen molar-refractivity contribution in [3.8, 4) is 5.75 Å². The number of methoxy groups -OCH3 is 1. The fourth-order valence-corrected chi connectivity index (χ4v) is 2.22. The van der Waals surface area contributed by atoms with Gasteiger partial charge in [0, 0.05) is 19.3 Å². The van der Waals surface area contributed by atoms with Gasteiger partial charge in [-0.05, 0) is 42.6 Å². The van der Waals surface area contributed by atoms with Crippen molar-refractivity contribution in [1.29, 1.82) is 0 Å². The molecule has 1 aromatic heterocycles. The molecule has 0 fully saturated rings. The fraction of sp³-hybridized carbons (Fsp3) is 0.333. The van der Waals surface area contributed by atoms with Gasteiger partial charge in [-0.25, -0.2) is 9.97 Å². The molecule has 1 atom stereocenters. The monoisotopic (exact) mass is 291 g/mol. The number of aromatic nitrogens is 2. The summed E-state index contributed by atoms with van der Waals surface area (Å²) in [7, 11) is 3.69. The first kappa shape index (κ1) is 14.6. The molecule has 1 aromatic carbocycles. The minimum Gasteiger partial charge on any atom is -0.496 e. The molecule has 0 bridgehead atoms. The maximum atomic E-state index is 5.83. The summed E-state index contributed by atoms with van der Waals surface area (Å²) in [4.78, 5) is 10.2. The van der Waals surface area contributed by atoms with Crippen LogP contribution in [0.4, 0.5) is 5.82 Å². The number of anilines is 1. The SMILES string of the molecule is COc1ccccc1CC(C)N(C)c1ccnc(Cl)n1. The van der Waals surface area contributed by atoms with Gasteiger partial charge in [-0.1, -0.05) is 18.2 Å². The Labute approximate surface area is 124 Å². The molecular weight excluding hydrogens is 274 g/mol. The Balaban J connectivity index is 2.13. The lowest BCUT2D eigenvalue weighted by atomic mass is 10.1. The van der Waals surface area contributed by atoms with Crippen LogP contribution >= 0.6 is 11.6 Å². The number of benzene rings is 1. The maximum Gasteiger partial charge on any atom is 0.224 e. The zero-order valence-electron chi connectivity index (χ0n) is 11.9. The van der Waals surface area contributed by atoms with Crippen LogP contribution in [0.25, 0.3) is 0 Å². The molecule has 0 radical (unpaired) electrons. The number of rotatable bonds is 5. The molecule has 0 amide bonds. The Bertz CT molecular complexity index is 577. The molecule has 0 N–H and O–H groups in total. The minimum atomic E-state index is 0.261. The van der Waals surface area contributed by atoms with E-state index in [0.29, 0.717) is 0 Å². The highest BCUT2D eigenvalue weighted by atomic mass is 35.5. The third kappa shape index (κ3) is 3.39. The quantitative estimate of drug-likeness (QED) is 0.793. The van der Waals surface area contributed by atoms with Gasteiger partial charge in [0.05, 0.1) is 7.11 Å². The number of likely N-dealkylation sites (N-methyl/N-ethyl adjacent to an activating group) is 1. The lowest BCUT2D eigenvalue weighted by Gasteiger charge is -2.26. The van der Waals surface area contributed by atoms with Crippen molar-refractivity contribution in [1.82, 2.24) is 9.97 Å². The summed E-state index contributed by atoms with van der Waals surface area (Å²) in [6.07, 6.45) is 2.53. The molecule has 0 saturated heterocycles. The van der Waals surface area contributed by atoms with E-state index in [1.165, 1.54) is 5.56 Å². The van der Waals surface area contributed by atoms with E-state index < -0.39 is 0 Å². The topological polar surface area (TPSA) is 38.2 Å². The maximum absolute atomic E-state index is 5.83. The van der Waals surface area contributed by atoms with E-state index in [1.54, 1.807) is 13.3 Å². The Morgan fingerprint density at radius 3 is 2.75 bits per heavy atom. The molecule has 106 valence electrons. The second-order valence-corrected chi connectivity index (χ2v) is 5.00. The number of hydrogen-bond acceptors (Lipinski definition) is 4. The van der Waals surface area contributed by atoms with E-state index in [9.17, 15) is 0 Å². The zero-order chi connectivity index (χ0) is 14.5. The van der Waals surface area contributed by atoms with Crippen LogP contribution < -0.4 is 9.64 Å². The van der Waals surface area contributed by atoms with Gasteiger partial charge < -0.3 is 9.64 Å². The van der Waals surface area contributed by atoms with Crippen LogP contribution in [0.1, 0.15) is 12.5 Å². The van der Waals surface area contributed by atoms with Crippen molar-refractivity contribution < 1.29 is 4.74 Å². The summed E-state index contributed by atoms with van der Waals surface area (Å²) in [5, 5.41) is 0.263. The lowest BCUT2D eigenvalue weighted by molar-refractivity contribution is 0.408. The van der Waals surface area contributed by atoms with Crippen molar-refractivity contribution >= 4 is 17.4 Å². The number of para-hydroxylation sites is 1. The summed E-state index contributed by atoms with van der Waals surface area (Å²) < 4.78 is 5.39. The highest BCUT2D eigenvalue weighted by Gasteiger charge is 2.14. The molecule has 0 aliphatic rings. The van der Waals surface area contributed by atoms with Crippen molar-refractivity contribution in [3.05, 3.63) is 47.4 Å². The van der Waals surface area contributed by atoms with E-state index in [-0.39, 0.29) is 11.3 Å². The molecule has 0 saturated carbocycles. The van der Waals surface area contributed by atoms with Crippen molar-refractivity contribution in [3.63, 3.8) is 0 Å². The third-order valence-electron chi connectivity index (χ3n) is 3.34. The standard InChI is InChI=1S/C15H18ClN3O/c1-11(10-12-6-4-5-7-13(12)20-3)19(2)14-8-9-17-15(16)18-14/h4-9,11H,10H2,1-3H3. The summed E-state index contributed by atoms with van der Waals surface area (Å²) in [6, 6.07) is 10.2. The molecule has 1 unspecified atom stereocenters. The molecule has 1 heterocycles. The summed E-state index contributed by atoms with van der Waals surface area (Å²) in [6.45, 7) is 2.14. The Hall–Kier alpha value is -1.81. The normalized spacial score (nSPS) is 12.0. The van der Waals surface area contributed by atoms with Crippen molar-refractivity contribution in [2.75, 3.05) is 19.1 Å². The average molecular weight is 292 g/mol. The molecule has 0 spiro atoms. The number of hydrogen-bond donors (Lipinski definition) is 0. The average Bonchev–Trinajstić information content (AvgIpc) is 2.47. The molecule has 5 heteroatoms. The van der Waals surface area contributed by atoms with Crippen LogP contribution in [0.5, 0.6) is 5.75 Å². The largest absolute Gasteiger partial charge is 0.496 e. The van der Waals surface area contributed by atoms with Gasteiger partial charge in [-0.2, -0.15) is 0 Å². The second kappa shape index (κ2) is 6.57. The van der Waals surface area contributed by atoms with Gasteiger partial charge in [-0.3, -0.25) is 0 Å². The number of nitrogens with zero attached hydrogens (tertiary/aromatic N) is 3. The predicted octanol–water partition coefficient (Wildman–Crippen LogP) is 3.21. The van der Waals surface area contributed by atoms with Gasteiger partial charge in [0.1, 0.15) is 11.6 Å². The van der Waals surface area contributed by atoms with E-state index in [1.807, 2.05) is 31.3 Å². The zero-order valence-corrected chi connectivity index (χ0v) is 12.6. The van der Waals surface area contributed by atoms with Gasteiger partial charge in [0.2, 0.25) is 5.28 Å². The first-order valence-corrected chi connectivity index (χ1v) is 6.83. The molecule has 2 rings (SSSR count). The van der Waals surface area contributed by atoms with Gasteiger partial charge in [0.15, 0.2) is 0 Å². The predicted molar refractivity (Wildman–Crippen MR) is 81.6 cm³/mol. The molecule has 0 aliphatic carbocycles. The molecule has 20 heavy (non-hydrogen) atoms. The third-order valence-corrected chi connectivity index (χ3v) is 3.52. The Kier molecular flexibility index (Phi) is 4.79. The molecule has 4 nitrogen and oxygen atoms in total. The van der Waals surface area contributed by atoms with Gasteiger partial charge in [-0.15, -0.1) is 0 Å². The number of halogens is 1. The van der Waals surface area contributed by atoms with Crippen LogP contribution in [0, 0.1) is 0 Å². The lowest BCUT2D eigenvalue weighted by Crippen LogP contribution is -2.31. The van der Waals surface area contributed by atoms with E-state index in [2.05, 4.69) is 27.9 Å². The second-order valence-electron chi connectivity index (χ2n) is 4.66. The van der Waals surface area contributed by atoms with E-state index >= 15 is 0 Å². The van der Waals surface area contributed by atoms with Crippen LogP contribution in [-0.4, -0.2) is 30.2 Å². The highest BCUT2D eigenvalue weighted by Crippen LogP contribution is 2.22. The molecular formula is C15H18ClN3O. The number of ether oxygens (including phenoxy) is 1. The molecule has 2 aromatic rings. The van der Waals surface area contributed by atoms with E-state index in [0.717, 1.165) is 18.0 Å². The van der Waals surface area contributed by atoms with Gasteiger partial charge in [0.25, 0.3) is 0 Å². The van der Waals surface area contributed by atoms with Crippen molar-refractivity contribution in [2.45, 2.75) is 19.4 Å². The first-order valence-electron chi connectivity index (χ1n) is 6.45. The minimum absolute atomic E-state index is 0.261. The van der Waals surface area contributed by atoms with Crippen LogP contribution in [0.15, 0.2) is 36.5 Å². The summed E-state index contributed by atoms with van der Waals surface area (Å²) >= 11 is 5.83. The summed E-state index contributed by atoms with van der Waals surface area (Å²) in [5.41, 5.74) is 1.18. The Morgan fingerprint density at radius 1 is 1.30 bits per heavy atom. The smallest absolute Gasteiger partial charge is 0.224 e. The highest BCUT2D eigenvalue weighted by molar-refractivity contribution is 6.28. The Morgan fingerprint density at radius 2 is 2.05 bits per heavy atom. The summed E-state index contributed by atoms with van der Waals surface area (Å²) in [5.74, 6) is 1.72.